The van der Waals surface area contributed by atoms with Crippen LogP contribution in [0.1, 0.15) is 24.5 Å². The molecule has 0 amide bonds. The van der Waals surface area contributed by atoms with Gasteiger partial charge in [0, 0.05) is 30.9 Å². The summed E-state index contributed by atoms with van der Waals surface area (Å²) < 4.78 is 14.2. The molecule has 3 heteroatoms. The highest BCUT2D eigenvalue weighted by Gasteiger charge is 2.14. The fraction of sp³-hybridized carbons (Fsp3) is 0.333. The third-order valence-electron chi connectivity index (χ3n) is 3.76. The van der Waals surface area contributed by atoms with E-state index in [-0.39, 0.29) is 11.9 Å². The van der Waals surface area contributed by atoms with Gasteiger partial charge in [-0.15, -0.1) is 0 Å². The third-order valence-corrected chi connectivity index (χ3v) is 3.76. The van der Waals surface area contributed by atoms with Gasteiger partial charge in [-0.3, -0.25) is 0 Å². The largest absolute Gasteiger partial charge is 0.370 e. The molecule has 2 aromatic rings. The molecule has 112 valence electrons. The zero-order valence-corrected chi connectivity index (χ0v) is 12.7. The van der Waals surface area contributed by atoms with Crippen LogP contribution in [0, 0.1) is 5.82 Å². The van der Waals surface area contributed by atoms with E-state index >= 15 is 0 Å². The second kappa shape index (κ2) is 7.23. The molecule has 2 rings (SSSR count). The SMILES string of the molecule is CCC(N)Cc1c(F)cccc1N(C)Cc1ccccc1. The summed E-state index contributed by atoms with van der Waals surface area (Å²) in [5.41, 5.74) is 8.85. The quantitative estimate of drug-likeness (QED) is 0.876. The van der Waals surface area contributed by atoms with E-state index in [0.717, 1.165) is 18.7 Å². The average Bonchev–Trinajstić information content (AvgIpc) is 2.50. The Morgan fingerprint density at radius 3 is 2.48 bits per heavy atom. The Morgan fingerprint density at radius 1 is 1.10 bits per heavy atom. The summed E-state index contributed by atoms with van der Waals surface area (Å²) >= 11 is 0. The minimum atomic E-state index is -0.170. The highest BCUT2D eigenvalue weighted by molar-refractivity contribution is 5.54. The summed E-state index contributed by atoms with van der Waals surface area (Å²) in [5, 5.41) is 0. The molecule has 2 N–H and O–H groups in total. The van der Waals surface area contributed by atoms with Gasteiger partial charge in [-0.25, -0.2) is 4.39 Å². The smallest absolute Gasteiger partial charge is 0.128 e. The van der Waals surface area contributed by atoms with Crippen LogP contribution in [0.2, 0.25) is 0 Å². The van der Waals surface area contributed by atoms with Gasteiger partial charge in [-0.2, -0.15) is 0 Å². The van der Waals surface area contributed by atoms with Crippen LogP contribution < -0.4 is 10.6 Å². The Balaban J connectivity index is 2.24. The molecule has 21 heavy (non-hydrogen) atoms. The van der Waals surface area contributed by atoms with E-state index in [1.807, 2.05) is 38.2 Å². The lowest BCUT2D eigenvalue weighted by Crippen LogP contribution is -2.25. The van der Waals surface area contributed by atoms with Gasteiger partial charge in [0.2, 0.25) is 0 Å². The summed E-state index contributed by atoms with van der Waals surface area (Å²) in [6.45, 7) is 2.78. The van der Waals surface area contributed by atoms with Gasteiger partial charge in [-0.1, -0.05) is 43.3 Å². The van der Waals surface area contributed by atoms with Crippen LogP contribution in [0.3, 0.4) is 0 Å². The minimum absolute atomic E-state index is 0.00854. The molecule has 0 radical (unpaired) electrons. The Labute approximate surface area is 126 Å². The lowest BCUT2D eigenvalue weighted by molar-refractivity contribution is 0.578. The average molecular weight is 286 g/mol. The van der Waals surface area contributed by atoms with Crippen LogP contribution in [0.5, 0.6) is 0 Å². The predicted molar refractivity (Wildman–Crippen MR) is 86.9 cm³/mol. The Bertz CT molecular complexity index is 569. The van der Waals surface area contributed by atoms with E-state index in [0.29, 0.717) is 12.0 Å². The zero-order chi connectivity index (χ0) is 15.2. The Morgan fingerprint density at radius 2 is 1.81 bits per heavy atom. The minimum Gasteiger partial charge on any atom is -0.370 e. The predicted octanol–water partition coefficient (Wildman–Crippen LogP) is 3.74. The Hall–Kier alpha value is -1.87. The van der Waals surface area contributed by atoms with Crippen molar-refractivity contribution in [2.24, 2.45) is 5.73 Å². The van der Waals surface area contributed by atoms with Crippen molar-refractivity contribution in [3.63, 3.8) is 0 Å². The number of hydrogen-bond acceptors (Lipinski definition) is 2. The number of halogens is 1. The number of anilines is 1. The summed E-state index contributed by atoms with van der Waals surface area (Å²) in [5.74, 6) is -0.170. The summed E-state index contributed by atoms with van der Waals surface area (Å²) in [7, 11) is 1.99. The van der Waals surface area contributed by atoms with Gasteiger partial charge in [0.1, 0.15) is 5.82 Å². The number of hydrogen-bond donors (Lipinski definition) is 1. The van der Waals surface area contributed by atoms with Gasteiger partial charge in [0.05, 0.1) is 0 Å². The molecule has 0 fully saturated rings. The molecular weight excluding hydrogens is 263 g/mol. The number of nitrogens with zero attached hydrogens (tertiary/aromatic N) is 1. The first-order valence-corrected chi connectivity index (χ1v) is 7.39. The van der Waals surface area contributed by atoms with Gasteiger partial charge >= 0.3 is 0 Å². The maximum Gasteiger partial charge on any atom is 0.128 e. The molecule has 0 saturated heterocycles. The summed E-state index contributed by atoms with van der Waals surface area (Å²) in [6.07, 6.45) is 1.41. The lowest BCUT2D eigenvalue weighted by atomic mass is 10.0. The zero-order valence-electron chi connectivity index (χ0n) is 12.7. The van der Waals surface area contributed by atoms with Crippen molar-refractivity contribution in [3.05, 3.63) is 65.5 Å². The first kappa shape index (κ1) is 15.5. The van der Waals surface area contributed by atoms with Crippen molar-refractivity contribution >= 4 is 5.69 Å². The highest BCUT2D eigenvalue weighted by Crippen LogP contribution is 2.25. The van der Waals surface area contributed by atoms with Crippen LogP contribution in [-0.2, 0) is 13.0 Å². The molecule has 0 bridgehead atoms. The van der Waals surface area contributed by atoms with E-state index in [1.54, 1.807) is 6.07 Å². The molecular formula is C18H23FN2. The second-order valence-electron chi connectivity index (χ2n) is 5.45. The molecule has 1 atom stereocenters. The second-order valence-corrected chi connectivity index (χ2v) is 5.45. The van der Waals surface area contributed by atoms with Crippen LogP contribution >= 0.6 is 0 Å². The van der Waals surface area contributed by atoms with Crippen LogP contribution in [-0.4, -0.2) is 13.1 Å². The maximum absolute atomic E-state index is 14.2. The van der Waals surface area contributed by atoms with Crippen molar-refractivity contribution in [1.29, 1.82) is 0 Å². The molecule has 0 aliphatic heterocycles. The molecule has 0 spiro atoms. The lowest BCUT2D eigenvalue weighted by Gasteiger charge is -2.24. The summed E-state index contributed by atoms with van der Waals surface area (Å²) in [4.78, 5) is 2.08. The fourth-order valence-corrected chi connectivity index (χ4v) is 2.46. The first-order valence-electron chi connectivity index (χ1n) is 7.39. The van der Waals surface area contributed by atoms with E-state index in [4.69, 9.17) is 5.73 Å². The van der Waals surface area contributed by atoms with Crippen LogP contribution in [0.15, 0.2) is 48.5 Å². The van der Waals surface area contributed by atoms with Crippen LogP contribution in [0.4, 0.5) is 10.1 Å². The van der Waals surface area contributed by atoms with Crippen molar-refractivity contribution in [2.45, 2.75) is 32.4 Å². The van der Waals surface area contributed by atoms with Gasteiger partial charge in [0.15, 0.2) is 0 Å². The summed E-state index contributed by atoms with van der Waals surface area (Å²) in [6, 6.07) is 15.4. The number of nitrogens with two attached hydrogens (primary N) is 1. The Kier molecular flexibility index (Phi) is 5.34. The molecule has 0 saturated carbocycles. The molecule has 0 aliphatic rings. The monoisotopic (exact) mass is 286 g/mol. The number of rotatable bonds is 6. The molecule has 0 heterocycles. The fourth-order valence-electron chi connectivity index (χ4n) is 2.46. The normalized spacial score (nSPS) is 12.2. The van der Waals surface area contributed by atoms with Crippen molar-refractivity contribution in [3.8, 4) is 0 Å². The molecule has 2 aromatic carbocycles. The molecule has 0 aromatic heterocycles. The third kappa shape index (κ3) is 4.05. The first-order chi connectivity index (χ1) is 10.1. The van der Waals surface area contributed by atoms with E-state index in [9.17, 15) is 4.39 Å². The van der Waals surface area contributed by atoms with E-state index in [2.05, 4.69) is 17.0 Å². The van der Waals surface area contributed by atoms with Crippen molar-refractivity contribution in [1.82, 2.24) is 0 Å². The highest BCUT2D eigenvalue weighted by atomic mass is 19.1. The molecule has 2 nitrogen and oxygen atoms in total. The van der Waals surface area contributed by atoms with Gasteiger partial charge < -0.3 is 10.6 Å². The van der Waals surface area contributed by atoms with E-state index in [1.165, 1.54) is 11.6 Å². The maximum atomic E-state index is 14.2. The van der Waals surface area contributed by atoms with Gasteiger partial charge in [0.25, 0.3) is 0 Å². The van der Waals surface area contributed by atoms with Crippen LogP contribution in [0.25, 0.3) is 0 Å². The molecule has 1 unspecified atom stereocenters. The standard InChI is InChI=1S/C18H23FN2/c1-3-15(20)12-16-17(19)10-7-11-18(16)21(2)13-14-8-5-4-6-9-14/h4-11,15H,3,12-13,20H2,1-2H3. The van der Waals surface area contributed by atoms with Crippen molar-refractivity contribution < 1.29 is 4.39 Å². The molecule has 0 aliphatic carbocycles. The van der Waals surface area contributed by atoms with E-state index < -0.39 is 0 Å². The topological polar surface area (TPSA) is 29.3 Å². The number of benzene rings is 2. The van der Waals surface area contributed by atoms with Crippen molar-refractivity contribution in [2.75, 3.05) is 11.9 Å². The van der Waals surface area contributed by atoms with Gasteiger partial charge in [-0.05, 0) is 30.5 Å².